The highest BCUT2D eigenvalue weighted by atomic mass is 14.6. The number of benzene rings is 2. The van der Waals surface area contributed by atoms with Crippen LogP contribution in [-0.4, -0.2) is 0 Å². The van der Waals surface area contributed by atoms with Gasteiger partial charge in [-0.2, -0.15) is 0 Å². The van der Waals surface area contributed by atoms with Crippen molar-refractivity contribution in [2.75, 3.05) is 11.5 Å². The predicted molar refractivity (Wildman–Crippen MR) is 74.8 cm³/mol. The van der Waals surface area contributed by atoms with Gasteiger partial charge in [-0.1, -0.05) is 32.0 Å². The fourth-order valence-electron chi connectivity index (χ4n) is 1.93. The van der Waals surface area contributed by atoms with Gasteiger partial charge in [0.15, 0.2) is 0 Å². The first kappa shape index (κ1) is 11.5. The van der Waals surface area contributed by atoms with Crippen LogP contribution >= 0.6 is 0 Å². The fourth-order valence-corrected chi connectivity index (χ4v) is 1.93. The van der Waals surface area contributed by atoms with Crippen molar-refractivity contribution in [1.29, 1.82) is 0 Å². The molecule has 2 aromatic rings. The second kappa shape index (κ2) is 4.50. The van der Waals surface area contributed by atoms with Crippen LogP contribution in [-0.2, 0) is 0 Å². The summed E-state index contributed by atoms with van der Waals surface area (Å²) < 4.78 is 0. The van der Waals surface area contributed by atoms with Crippen LogP contribution in [0.25, 0.3) is 11.1 Å². The molecular weight excluding hydrogens is 208 g/mol. The molecule has 2 nitrogen and oxygen atoms in total. The molecule has 0 spiro atoms. The summed E-state index contributed by atoms with van der Waals surface area (Å²) in [5.74, 6) is 0.434. The summed E-state index contributed by atoms with van der Waals surface area (Å²) in [7, 11) is 0. The van der Waals surface area contributed by atoms with Crippen LogP contribution in [0.15, 0.2) is 42.5 Å². The van der Waals surface area contributed by atoms with Crippen LogP contribution in [0.1, 0.15) is 25.3 Å². The molecular formula is C15H18N2. The molecule has 0 heterocycles. The number of rotatable bonds is 2. The van der Waals surface area contributed by atoms with E-state index in [4.69, 9.17) is 11.5 Å². The monoisotopic (exact) mass is 226 g/mol. The van der Waals surface area contributed by atoms with Crippen molar-refractivity contribution in [2.24, 2.45) is 0 Å². The Morgan fingerprint density at radius 3 is 2.00 bits per heavy atom. The quantitative estimate of drug-likeness (QED) is 0.768. The molecule has 0 unspecified atom stereocenters. The van der Waals surface area contributed by atoms with Crippen molar-refractivity contribution in [3.8, 4) is 11.1 Å². The van der Waals surface area contributed by atoms with Crippen LogP contribution < -0.4 is 11.5 Å². The summed E-state index contributed by atoms with van der Waals surface area (Å²) in [6, 6.07) is 14.1. The standard InChI is InChI=1S/C15H18N2/c1-10(2)14-9-12(5-8-15(14)17)11-3-6-13(16)7-4-11/h3-10H,16-17H2,1-2H3. The van der Waals surface area contributed by atoms with Crippen molar-refractivity contribution < 1.29 is 0 Å². The Bertz CT molecular complexity index is 513. The van der Waals surface area contributed by atoms with Gasteiger partial charge < -0.3 is 11.5 Å². The SMILES string of the molecule is CC(C)c1cc(-c2ccc(N)cc2)ccc1N. The third kappa shape index (κ3) is 2.41. The van der Waals surface area contributed by atoms with E-state index in [0.717, 1.165) is 11.4 Å². The third-order valence-corrected chi connectivity index (χ3v) is 2.95. The molecule has 0 atom stereocenters. The van der Waals surface area contributed by atoms with Crippen molar-refractivity contribution in [3.05, 3.63) is 48.0 Å². The summed E-state index contributed by atoms with van der Waals surface area (Å²) in [6.45, 7) is 4.30. The Labute approximate surface area is 102 Å². The van der Waals surface area contributed by atoms with Crippen molar-refractivity contribution in [2.45, 2.75) is 19.8 Å². The van der Waals surface area contributed by atoms with Crippen LogP contribution in [0.2, 0.25) is 0 Å². The molecule has 0 fully saturated rings. The molecule has 17 heavy (non-hydrogen) atoms. The van der Waals surface area contributed by atoms with Gasteiger partial charge in [-0.25, -0.2) is 0 Å². The Balaban J connectivity index is 2.46. The highest BCUT2D eigenvalue weighted by Crippen LogP contribution is 2.28. The maximum Gasteiger partial charge on any atom is 0.0349 e. The minimum Gasteiger partial charge on any atom is -0.399 e. The molecule has 0 saturated heterocycles. The molecule has 2 heteroatoms. The molecule has 4 N–H and O–H groups in total. The fraction of sp³-hybridized carbons (Fsp3) is 0.200. The van der Waals surface area contributed by atoms with Crippen molar-refractivity contribution in [1.82, 2.24) is 0 Å². The van der Waals surface area contributed by atoms with E-state index < -0.39 is 0 Å². The lowest BCUT2D eigenvalue weighted by Gasteiger charge is -2.12. The highest BCUT2D eigenvalue weighted by molar-refractivity contribution is 5.69. The van der Waals surface area contributed by atoms with Gasteiger partial charge in [0.25, 0.3) is 0 Å². The average Bonchev–Trinajstić information content (AvgIpc) is 2.30. The van der Waals surface area contributed by atoms with Crippen LogP contribution in [0, 0.1) is 0 Å². The topological polar surface area (TPSA) is 52.0 Å². The Morgan fingerprint density at radius 1 is 0.824 bits per heavy atom. The van der Waals surface area contributed by atoms with Gasteiger partial charge in [0.2, 0.25) is 0 Å². The van der Waals surface area contributed by atoms with Crippen molar-refractivity contribution >= 4 is 11.4 Å². The van der Waals surface area contributed by atoms with E-state index in [1.807, 2.05) is 36.4 Å². The van der Waals surface area contributed by atoms with E-state index in [-0.39, 0.29) is 0 Å². The second-order valence-electron chi connectivity index (χ2n) is 4.62. The van der Waals surface area contributed by atoms with Crippen LogP contribution in [0.3, 0.4) is 0 Å². The lowest BCUT2D eigenvalue weighted by atomic mass is 9.96. The zero-order chi connectivity index (χ0) is 12.4. The zero-order valence-electron chi connectivity index (χ0n) is 10.3. The lowest BCUT2D eigenvalue weighted by molar-refractivity contribution is 0.870. The van der Waals surface area contributed by atoms with Gasteiger partial charge >= 0.3 is 0 Å². The summed E-state index contributed by atoms with van der Waals surface area (Å²) in [6.07, 6.45) is 0. The van der Waals surface area contributed by atoms with E-state index in [0.29, 0.717) is 5.92 Å². The zero-order valence-corrected chi connectivity index (χ0v) is 10.3. The summed E-state index contributed by atoms with van der Waals surface area (Å²) >= 11 is 0. The molecule has 0 radical (unpaired) electrons. The molecule has 0 bridgehead atoms. The van der Waals surface area contributed by atoms with Gasteiger partial charge in [0, 0.05) is 11.4 Å². The van der Waals surface area contributed by atoms with Crippen molar-refractivity contribution in [3.63, 3.8) is 0 Å². The Morgan fingerprint density at radius 2 is 1.41 bits per heavy atom. The predicted octanol–water partition coefficient (Wildman–Crippen LogP) is 3.64. The van der Waals surface area contributed by atoms with E-state index in [2.05, 4.69) is 19.9 Å². The number of hydrogen-bond donors (Lipinski definition) is 2. The number of hydrogen-bond acceptors (Lipinski definition) is 2. The molecule has 0 saturated carbocycles. The number of nitrogens with two attached hydrogens (primary N) is 2. The molecule has 0 aliphatic rings. The number of anilines is 2. The average molecular weight is 226 g/mol. The lowest BCUT2D eigenvalue weighted by Crippen LogP contribution is -1.96. The molecule has 2 aromatic carbocycles. The molecule has 88 valence electrons. The summed E-state index contributed by atoms with van der Waals surface area (Å²) in [5.41, 5.74) is 16.9. The van der Waals surface area contributed by atoms with Gasteiger partial charge in [-0.15, -0.1) is 0 Å². The third-order valence-electron chi connectivity index (χ3n) is 2.95. The van der Waals surface area contributed by atoms with Gasteiger partial charge in [0.1, 0.15) is 0 Å². The smallest absolute Gasteiger partial charge is 0.0349 e. The summed E-state index contributed by atoms with van der Waals surface area (Å²) in [4.78, 5) is 0. The second-order valence-corrected chi connectivity index (χ2v) is 4.62. The van der Waals surface area contributed by atoms with E-state index in [9.17, 15) is 0 Å². The van der Waals surface area contributed by atoms with Gasteiger partial charge in [0.05, 0.1) is 0 Å². The maximum atomic E-state index is 5.97. The van der Waals surface area contributed by atoms with Crippen LogP contribution in [0.5, 0.6) is 0 Å². The molecule has 2 rings (SSSR count). The first-order chi connectivity index (χ1) is 8.08. The molecule has 0 aliphatic carbocycles. The van der Waals surface area contributed by atoms with Gasteiger partial charge in [-0.05, 0) is 46.9 Å². The van der Waals surface area contributed by atoms with Crippen LogP contribution in [0.4, 0.5) is 11.4 Å². The normalized spacial score (nSPS) is 10.8. The first-order valence-electron chi connectivity index (χ1n) is 5.83. The first-order valence-corrected chi connectivity index (χ1v) is 5.83. The largest absolute Gasteiger partial charge is 0.399 e. The minimum atomic E-state index is 0.434. The number of nitrogen functional groups attached to an aromatic ring is 2. The van der Waals surface area contributed by atoms with Gasteiger partial charge in [-0.3, -0.25) is 0 Å². The minimum absolute atomic E-state index is 0.434. The Hall–Kier alpha value is -1.96. The summed E-state index contributed by atoms with van der Waals surface area (Å²) in [5, 5.41) is 0. The van der Waals surface area contributed by atoms with E-state index in [1.54, 1.807) is 0 Å². The maximum absolute atomic E-state index is 5.97. The Kier molecular flexibility index (Phi) is 3.05. The molecule has 0 aliphatic heterocycles. The molecule has 0 amide bonds. The highest BCUT2D eigenvalue weighted by Gasteiger charge is 2.06. The van der Waals surface area contributed by atoms with E-state index in [1.165, 1.54) is 16.7 Å². The van der Waals surface area contributed by atoms with E-state index >= 15 is 0 Å². The molecule has 0 aromatic heterocycles.